The molecule has 2 unspecified atom stereocenters. The predicted octanol–water partition coefficient (Wildman–Crippen LogP) is 1.09. The van der Waals surface area contributed by atoms with Gasteiger partial charge in [0.1, 0.15) is 0 Å². The van der Waals surface area contributed by atoms with E-state index in [4.69, 9.17) is 4.74 Å². The van der Waals surface area contributed by atoms with Gasteiger partial charge in [0.05, 0.1) is 6.61 Å². The van der Waals surface area contributed by atoms with Gasteiger partial charge in [0.2, 0.25) is 0 Å². The molecule has 0 amide bonds. The highest BCUT2D eigenvalue weighted by molar-refractivity contribution is 4.90. The summed E-state index contributed by atoms with van der Waals surface area (Å²) in [6.45, 7) is 8.47. The van der Waals surface area contributed by atoms with Crippen LogP contribution >= 0.6 is 0 Å². The van der Waals surface area contributed by atoms with Gasteiger partial charge in [-0.15, -0.1) is 0 Å². The summed E-state index contributed by atoms with van der Waals surface area (Å²) in [4.78, 5) is 2.41. The molecule has 1 saturated heterocycles. The van der Waals surface area contributed by atoms with Crippen LogP contribution in [-0.4, -0.2) is 49.8 Å². The first-order chi connectivity index (χ1) is 6.46. The van der Waals surface area contributed by atoms with Crippen molar-refractivity contribution in [3.8, 4) is 0 Å². The van der Waals surface area contributed by atoms with E-state index in [0.717, 1.165) is 19.6 Å². The molecule has 0 saturated carbocycles. The predicted molar refractivity (Wildman–Crippen MR) is 59.6 cm³/mol. The molecule has 1 heterocycles. The third kappa shape index (κ3) is 2.69. The molecule has 84 valence electrons. The molecule has 2 atom stereocenters. The van der Waals surface area contributed by atoms with Crippen LogP contribution in [0.3, 0.4) is 0 Å². The lowest BCUT2D eigenvalue weighted by Crippen LogP contribution is -2.58. The zero-order valence-electron chi connectivity index (χ0n) is 10.1. The highest BCUT2D eigenvalue weighted by atomic mass is 16.5. The Hall–Kier alpha value is -0.120. The first-order valence-electron chi connectivity index (χ1n) is 5.44. The molecule has 0 aliphatic carbocycles. The van der Waals surface area contributed by atoms with E-state index in [0.29, 0.717) is 12.1 Å². The summed E-state index contributed by atoms with van der Waals surface area (Å²) in [5.74, 6) is 0. The molecule has 1 N–H and O–H groups in total. The molecular weight excluding hydrogens is 176 g/mol. The Balaban J connectivity index is 2.63. The summed E-state index contributed by atoms with van der Waals surface area (Å²) < 4.78 is 5.55. The Morgan fingerprint density at radius 1 is 1.36 bits per heavy atom. The van der Waals surface area contributed by atoms with E-state index in [9.17, 15) is 0 Å². The summed E-state index contributed by atoms with van der Waals surface area (Å²) >= 11 is 0. The molecule has 3 heteroatoms. The fourth-order valence-corrected chi connectivity index (χ4v) is 1.94. The van der Waals surface area contributed by atoms with Crippen molar-refractivity contribution in [1.82, 2.24) is 10.2 Å². The topological polar surface area (TPSA) is 24.5 Å². The number of likely N-dealkylation sites (N-methyl/N-ethyl adjacent to an activating group) is 2. The molecule has 3 nitrogen and oxygen atoms in total. The first-order valence-corrected chi connectivity index (χ1v) is 5.44. The molecule has 0 radical (unpaired) electrons. The third-order valence-electron chi connectivity index (χ3n) is 3.25. The minimum atomic E-state index is 0.209. The molecule has 0 aromatic heterocycles. The van der Waals surface area contributed by atoms with Gasteiger partial charge in [-0.2, -0.15) is 0 Å². The molecular formula is C11H24N2O. The van der Waals surface area contributed by atoms with Gasteiger partial charge in [-0.1, -0.05) is 0 Å². The van der Waals surface area contributed by atoms with Gasteiger partial charge < -0.3 is 10.1 Å². The average molecular weight is 200 g/mol. The maximum absolute atomic E-state index is 5.55. The van der Waals surface area contributed by atoms with Crippen LogP contribution in [0.1, 0.15) is 27.2 Å². The zero-order chi connectivity index (χ0) is 10.8. The van der Waals surface area contributed by atoms with E-state index < -0.39 is 0 Å². The standard InChI is InChI=1S/C11H24N2O/c1-11(2,3)13(5)10-8-14-7-6-9(10)12-4/h9-10,12H,6-8H2,1-5H3. The number of rotatable bonds is 2. The summed E-state index contributed by atoms with van der Waals surface area (Å²) in [5, 5.41) is 3.39. The third-order valence-corrected chi connectivity index (χ3v) is 3.25. The largest absolute Gasteiger partial charge is 0.380 e. The van der Waals surface area contributed by atoms with Crippen LogP contribution < -0.4 is 5.32 Å². The summed E-state index contributed by atoms with van der Waals surface area (Å²) in [7, 11) is 4.23. The van der Waals surface area contributed by atoms with Gasteiger partial charge in [0, 0.05) is 24.2 Å². The molecule has 0 aromatic rings. The molecule has 0 aromatic carbocycles. The van der Waals surface area contributed by atoms with Crippen LogP contribution in [0.5, 0.6) is 0 Å². The highest BCUT2D eigenvalue weighted by Gasteiger charge is 2.32. The Kier molecular flexibility index (Phi) is 3.93. The van der Waals surface area contributed by atoms with Crippen molar-refractivity contribution in [1.29, 1.82) is 0 Å². The van der Waals surface area contributed by atoms with Gasteiger partial charge in [0.15, 0.2) is 0 Å². The second kappa shape index (κ2) is 4.60. The quantitative estimate of drug-likeness (QED) is 0.722. The van der Waals surface area contributed by atoms with Crippen LogP contribution in [0.2, 0.25) is 0 Å². The van der Waals surface area contributed by atoms with Crippen LogP contribution in [0.15, 0.2) is 0 Å². The van der Waals surface area contributed by atoms with Gasteiger partial charge in [0.25, 0.3) is 0 Å². The molecule has 1 rings (SSSR count). The lowest BCUT2D eigenvalue weighted by molar-refractivity contribution is -0.0221. The van der Waals surface area contributed by atoms with E-state index in [-0.39, 0.29) is 5.54 Å². The van der Waals surface area contributed by atoms with Gasteiger partial charge in [-0.3, -0.25) is 4.90 Å². The van der Waals surface area contributed by atoms with Crippen LogP contribution in [-0.2, 0) is 4.74 Å². The number of hydrogen-bond donors (Lipinski definition) is 1. The monoisotopic (exact) mass is 200 g/mol. The second-order valence-electron chi connectivity index (χ2n) is 5.11. The number of ether oxygens (including phenoxy) is 1. The Morgan fingerprint density at radius 3 is 2.50 bits per heavy atom. The summed E-state index contributed by atoms with van der Waals surface area (Å²) in [5.41, 5.74) is 0.209. The van der Waals surface area contributed by atoms with Gasteiger partial charge in [-0.25, -0.2) is 0 Å². The SMILES string of the molecule is CNC1CCOCC1N(C)C(C)(C)C. The van der Waals surface area contributed by atoms with Crippen molar-refractivity contribution >= 4 is 0 Å². The van der Waals surface area contributed by atoms with Crippen LogP contribution in [0.4, 0.5) is 0 Å². The highest BCUT2D eigenvalue weighted by Crippen LogP contribution is 2.20. The summed E-state index contributed by atoms with van der Waals surface area (Å²) in [6.07, 6.45) is 1.11. The smallest absolute Gasteiger partial charge is 0.0637 e. The fourth-order valence-electron chi connectivity index (χ4n) is 1.94. The van der Waals surface area contributed by atoms with Crippen molar-refractivity contribution in [3.63, 3.8) is 0 Å². The van der Waals surface area contributed by atoms with Gasteiger partial charge in [-0.05, 0) is 41.3 Å². The maximum atomic E-state index is 5.55. The molecule has 14 heavy (non-hydrogen) atoms. The fraction of sp³-hybridized carbons (Fsp3) is 1.00. The molecule has 1 fully saturated rings. The van der Waals surface area contributed by atoms with Crippen molar-refractivity contribution in [2.75, 3.05) is 27.3 Å². The second-order valence-corrected chi connectivity index (χ2v) is 5.11. The average Bonchev–Trinajstić information content (AvgIpc) is 2.15. The molecule has 0 bridgehead atoms. The molecule has 1 aliphatic heterocycles. The Bertz CT molecular complexity index is 177. The van der Waals surface area contributed by atoms with Crippen molar-refractivity contribution in [2.24, 2.45) is 0 Å². The van der Waals surface area contributed by atoms with Crippen LogP contribution in [0, 0.1) is 0 Å². The minimum absolute atomic E-state index is 0.209. The Labute approximate surface area is 87.8 Å². The Morgan fingerprint density at radius 2 is 2.00 bits per heavy atom. The van der Waals surface area contributed by atoms with E-state index in [2.05, 4.69) is 38.0 Å². The lowest BCUT2D eigenvalue weighted by Gasteiger charge is -2.44. The number of hydrogen-bond acceptors (Lipinski definition) is 3. The van der Waals surface area contributed by atoms with Crippen molar-refractivity contribution in [3.05, 3.63) is 0 Å². The normalized spacial score (nSPS) is 29.6. The molecule has 1 aliphatic rings. The van der Waals surface area contributed by atoms with Crippen LogP contribution in [0.25, 0.3) is 0 Å². The van der Waals surface area contributed by atoms with Crippen molar-refractivity contribution in [2.45, 2.75) is 44.8 Å². The zero-order valence-corrected chi connectivity index (χ0v) is 10.1. The number of nitrogens with one attached hydrogen (secondary N) is 1. The number of nitrogens with zero attached hydrogens (tertiary/aromatic N) is 1. The van der Waals surface area contributed by atoms with Gasteiger partial charge >= 0.3 is 0 Å². The van der Waals surface area contributed by atoms with E-state index in [1.54, 1.807) is 0 Å². The lowest BCUT2D eigenvalue weighted by atomic mass is 9.97. The molecule has 0 spiro atoms. The maximum Gasteiger partial charge on any atom is 0.0637 e. The first kappa shape index (κ1) is 12.0. The minimum Gasteiger partial charge on any atom is -0.380 e. The van der Waals surface area contributed by atoms with Crippen molar-refractivity contribution < 1.29 is 4.74 Å². The van der Waals surface area contributed by atoms with E-state index in [1.165, 1.54) is 0 Å². The summed E-state index contributed by atoms with van der Waals surface area (Å²) in [6, 6.07) is 1.06. The van der Waals surface area contributed by atoms with E-state index in [1.807, 2.05) is 7.05 Å². The van der Waals surface area contributed by atoms with E-state index >= 15 is 0 Å².